The number of aryl methyl sites for hydroxylation is 1. The molecule has 4 rings (SSSR count). The first-order chi connectivity index (χ1) is 14.2. The average molecular weight is 531 g/mol. The van der Waals surface area contributed by atoms with Gasteiger partial charge in [-0.3, -0.25) is 4.99 Å². The summed E-state index contributed by atoms with van der Waals surface area (Å²) in [6.07, 6.45) is 4.54. The van der Waals surface area contributed by atoms with Gasteiger partial charge in [0.25, 0.3) is 0 Å². The SMILES string of the molecule is CN=C(NCc1nnc2n1CCCCC2)N1CCN(c2cc(F)ccc2F)CC1.I. The molecular formula is C20H28F2IN7. The molecule has 0 saturated carbocycles. The first kappa shape index (κ1) is 22.7. The molecule has 0 amide bonds. The number of nitrogens with one attached hydrogen (secondary N) is 1. The second kappa shape index (κ2) is 10.4. The number of fused-ring (bicyclic) bond motifs is 1. The molecule has 1 aromatic carbocycles. The Morgan fingerprint density at radius 2 is 1.87 bits per heavy atom. The number of piperazine rings is 1. The van der Waals surface area contributed by atoms with Gasteiger partial charge in [-0.2, -0.15) is 0 Å². The summed E-state index contributed by atoms with van der Waals surface area (Å²) in [7, 11) is 1.76. The van der Waals surface area contributed by atoms with E-state index in [0.717, 1.165) is 43.1 Å². The van der Waals surface area contributed by atoms with Gasteiger partial charge in [-0.05, 0) is 25.0 Å². The van der Waals surface area contributed by atoms with Gasteiger partial charge in [0.1, 0.15) is 17.5 Å². The third kappa shape index (κ3) is 5.01. The zero-order valence-corrected chi connectivity index (χ0v) is 19.5. The maximum atomic E-state index is 14.0. The van der Waals surface area contributed by atoms with Crippen LogP contribution < -0.4 is 10.2 Å². The molecule has 7 nitrogen and oxygen atoms in total. The Hall–Kier alpha value is -1.98. The fraction of sp³-hybridized carbons (Fsp3) is 0.550. The summed E-state index contributed by atoms with van der Waals surface area (Å²) < 4.78 is 29.8. The lowest BCUT2D eigenvalue weighted by Gasteiger charge is -2.37. The molecule has 1 saturated heterocycles. The van der Waals surface area contributed by atoms with Crippen molar-refractivity contribution in [2.75, 3.05) is 38.1 Å². The van der Waals surface area contributed by atoms with E-state index < -0.39 is 11.6 Å². The Balaban J connectivity index is 0.00000256. The van der Waals surface area contributed by atoms with Gasteiger partial charge in [0, 0.05) is 52.3 Å². The van der Waals surface area contributed by atoms with Crippen LogP contribution in [0.4, 0.5) is 14.5 Å². The largest absolute Gasteiger partial charge is 0.366 e. The molecule has 0 bridgehead atoms. The number of nitrogens with zero attached hydrogens (tertiary/aromatic N) is 6. The Kier molecular flexibility index (Phi) is 7.84. The molecule has 0 spiro atoms. The molecule has 10 heteroatoms. The van der Waals surface area contributed by atoms with Crippen molar-refractivity contribution in [2.24, 2.45) is 4.99 Å². The van der Waals surface area contributed by atoms with Crippen LogP contribution in [-0.2, 0) is 19.5 Å². The van der Waals surface area contributed by atoms with Crippen LogP contribution in [0, 0.1) is 11.6 Å². The molecule has 2 aromatic rings. The lowest BCUT2D eigenvalue weighted by molar-refractivity contribution is 0.369. The number of halogens is 3. The maximum Gasteiger partial charge on any atom is 0.194 e. The topological polar surface area (TPSA) is 61.6 Å². The van der Waals surface area contributed by atoms with Crippen molar-refractivity contribution in [1.29, 1.82) is 0 Å². The maximum absolute atomic E-state index is 14.0. The van der Waals surface area contributed by atoms with E-state index >= 15 is 0 Å². The molecule has 1 N–H and O–H groups in total. The number of guanidine groups is 1. The number of hydrogen-bond donors (Lipinski definition) is 1. The second-order valence-corrected chi connectivity index (χ2v) is 7.47. The van der Waals surface area contributed by atoms with Crippen LogP contribution >= 0.6 is 24.0 Å². The molecule has 30 heavy (non-hydrogen) atoms. The standard InChI is InChI=1S/C20H27F2N7.HI/c1-23-20(24-14-19-26-25-18-5-3-2-4-8-29(18)19)28-11-9-27(10-12-28)17-13-15(21)6-7-16(17)22;/h6-7,13H,2-5,8-12,14H2,1H3,(H,23,24);1H. The minimum absolute atomic E-state index is 0. The molecule has 3 heterocycles. The molecule has 0 atom stereocenters. The predicted octanol–water partition coefficient (Wildman–Crippen LogP) is 2.80. The highest BCUT2D eigenvalue weighted by Crippen LogP contribution is 2.22. The second-order valence-electron chi connectivity index (χ2n) is 7.47. The van der Waals surface area contributed by atoms with E-state index in [-0.39, 0.29) is 24.0 Å². The molecule has 0 unspecified atom stereocenters. The van der Waals surface area contributed by atoms with Crippen LogP contribution in [0.2, 0.25) is 0 Å². The van der Waals surface area contributed by atoms with Crippen molar-refractivity contribution in [2.45, 2.75) is 38.8 Å². The van der Waals surface area contributed by atoms with E-state index in [1.165, 1.54) is 25.0 Å². The van der Waals surface area contributed by atoms with Crippen molar-refractivity contribution in [3.63, 3.8) is 0 Å². The number of benzene rings is 1. The number of aliphatic imine (C=N–C) groups is 1. The third-order valence-electron chi connectivity index (χ3n) is 5.63. The van der Waals surface area contributed by atoms with Gasteiger partial charge in [-0.25, -0.2) is 8.78 Å². The van der Waals surface area contributed by atoms with E-state index in [1.54, 1.807) is 7.05 Å². The Bertz CT molecular complexity index is 878. The molecule has 1 aromatic heterocycles. The normalized spacial score (nSPS) is 17.2. The van der Waals surface area contributed by atoms with Crippen LogP contribution in [0.15, 0.2) is 23.2 Å². The van der Waals surface area contributed by atoms with Crippen molar-refractivity contribution < 1.29 is 8.78 Å². The fourth-order valence-electron chi connectivity index (χ4n) is 4.05. The van der Waals surface area contributed by atoms with Crippen LogP contribution in [0.5, 0.6) is 0 Å². The van der Waals surface area contributed by atoms with E-state index in [1.807, 2.05) is 4.90 Å². The van der Waals surface area contributed by atoms with Gasteiger partial charge in [-0.15, -0.1) is 34.2 Å². The Morgan fingerprint density at radius 3 is 2.63 bits per heavy atom. The molecule has 2 aliphatic rings. The van der Waals surface area contributed by atoms with Crippen molar-refractivity contribution >= 4 is 35.6 Å². The first-order valence-corrected chi connectivity index (χ1v) is 10.2. The lowest BCUT2D eigenvalue weighted by atomic mass is 10.2. The number of hydrogen-bond acceptors (Lipinski definition) is 4. The van der Waals surface area contributed by atoms with Crippen LogP contribution in [-0.4, -0.2) is 58.9 Å². The van der Waals surface area contributed by atoms with Crippen LogP contribution in [0.1, 0.15) is 30.9 Å². The zero-order chi connectivity index (χ0) is 20.2. The summed E-state index contributed by atoms with van der Waals surface area (Å²) in [6.45, 7) is 4.08. The lowest BCUT2D eigenvalue weighted by Crippen LogP contribution is -2.52. The van der Waals surface area contributed by atoms with E-state index in [0.29, 0.717) is 38.4 Å². The smallest absolute Gasteiger partial charge is 0.194 e. The van der Waals surface area contributed by atoms with E-state index in [4.69, 9.17) is 0 Å². The highest BCUT2D eigenvalue weighted by molar-refractivity contribution is 14.0. The van der Waals surface area contributed by atoms with Gasteiger partial charge in [0.15, 0.2) is 11.8 Å². The summed E-state index contributed by atoms with van der Waals surface area (Å²) in [4.78, 5) is 8.40. The van der Waals surface area contributed by atoms with Crippen LogP contribution in [0.25, 0.3) is 0 Å². The summed E-state index contributed by atoms with van der Waals surface area (Å²) in [5.41, 5.74) is 0.318. The minimum atomic E-state index is -0.422. The molecule has 0 radical (unpaired) electrons. The van der Waals surface area contributed by atoms with E-state index in [2.05, 4.69) is 30.0 Å². The summed E-state index contributed by atoms with van der Waals surface area (Å²) >= 11 is 0. The highest BCUT2D eigenvalue weighted by atomic mass is 127. The van der Waals surface area contributed by atoms with Gasteiger partial charge >= 0.3 is 0 Å². The summed E-state index contributed by atoms with van der Waals surface area (Å²) in [6, 6.07) is 3.58. The Labute approximate surface area is 192 Å². The number of aromatic nitrogens is 3. The van der Waals surface area contributed by atoms with Gasteiger partial charge in [0.2, 0.25) is 0 Å². The van der Waals surface area contributed by atoms with Crippen molar-refractivity contribution in [3.8, 4) is 0 Å². The zero-order valence-electron chi connectivity index (χ0n) is 17.2. The van der Waals surface area contributed by atoms with Crippen molar-refractivity contribution in [3.05, 3.63) is 41.5 Å². The third-order valence-corrected chi connectivity index (χ3v) is 5.63. The van der Waals surface area contributed by atoms with Gasteiger partial charge in [0.05, 0.1) is 12.2 Å². The molecular weight excluding hydrogens is 503 g/mol. The molecule has 1 fully saturated rings. The monoisotopic (exact) mass is 531 g/mol. The number of rotatable bonds is 3. The summed E-state index contributed by atoms with van der Waals surface area (Å²) in [5.74, 6) is 1.97. The fourth-order valence-corrected chi connectivity index (χ4v) is 4.05. The summed E-state index contributed by atoms with van der Waals surface area (Å²) in [5, 5.41) is 12.1. The molecule has 0 aliphatic carbocycles. The van der Waals surface area contributed by atoms with Gasteiger partial charge < -0.3 is 19.7 Å². The molecule has 164 valence electrons. The first-order valence-electron chi connectivity index (χ1n) is 10.2. The quantitative estimate of drug-likeness (QED) is 0.375. The Morgan fingerprint density at radius 1 is 1.07 bits per heavy atom. The average Bonchev–Trinajstić information content (AvgIpc) is 2.97. The minimum Gasteiger partial charge on any atom is -0.366 e. The number of anilines is 1. The highest BCUT2D eigenvalue weighted by Gasteiger charge is 2.23. The molecule has 2 aliphatic heterocycles. The van der Waals surface area contributed by atoms with Crippen LogP contribution in [0.3, 0.4) is 0 Å². The predicted molar refractivity (Wildman–Crippen MR) is 123 cm³/mol. The van der Waals surface area contributed by atoms with Crippen molar-refractivity contribution in [1.82, 2.24) is 25.0 Å². The van der Waals surface area contributed by atoms with Gasteiger partial charge in [-0.1, -0.05) is 6.42 Å². The van der Waals surface area contributed by atoms with E-state index in [9.17, 15) is 8.78 Å².